The number of hydrogen-bond donors (Lipinski definition) is 0. The average molecular weight is 390 g/mol. The Balaban J connectivity index is 1.91. The van der Waals surface area contributed by atoms with Crippen LogP contribution in [0, 0.1) is 12.8 Å². The lowest BCUT2D eigenvalue weighted by Crippen LogP contribution is -2.28. The van der Waals surface area contributed by atoms with Gasteiger partial charge in [-0.15, -0.1) is 5.10 Å². The smallest absolute Gasteiger partial charge is 0.292 e. The lowest BCUT2D eigenvalue weighted by Gasteiger charge is -2.11. The molecule has 0 radical (unpaired) electrons. The zero-order chi connectivity index (χ0) is 20.7. The summed E-state index contributed by atoms with van der Waals surface area (Å²) in [7, 11) is 0. The first-order valence-corrected chi connectivity index (χ1v) is 9.58. The van der Waals surface area contributed by atoms with Gasteiger partial charge in [0.15, 0.2) is 5.78 Å². The van der Waals surface area contributed by atoms with Gasteiger partial charge >= 0.3 is 5.69 Å². The normalized spacial score (nSPS) is 11.6. The fraction of sp³-hybridized carbons (Fsp3) is 0.273. The number of carbonyl (C=O) groups excluding carboxylic acids is 1. The van der Waals surface area contributed by atoms with E-state index in [-0.39, 0.29) is 29.6 Å². The van der Waals surface area contributed by atoms with Crippen LogP contribution in [0.2, 0.25) is 0 Å². The first kappa shape index (κ1) is 18.9. The molecule has 0 unspecified atom stereocenters. The molecule has 2 aromatic carbocycles. The molecule has 0 amide bonds. The van der Waals surface area contributed by atoms with Crippen LogP contribution in [0.25, 0.3) is 16.7 Å². The molecule has 4 rings (SSSR count). The van der Waals surface area contributed by atoms with Crippen LogP contribution >= 0.6 is 0 Å². The minimum Gasteiger partial charge on any atom is -0.292 e. The van der Waals surface area contributed by atoms with Gasteiger partial charge in [-0.2, -0.15) is 0 Å². The number of hydrogen-bond acceptors (Lipinski definition) is 4. The maximum Gasteiger partial charge on any atom is 0.352 e. The molecule has 148 valence electrons. The van der Waals surface area contributed by atoms with Crippen molar-refractivity contribution in [3.8, 4) is 0 Å². The van der Waals surface area contributed by atoms with E-state index in [0.29, 0.717) is 23.0 Å². The predicted molar refractivity (Wildman–Crippen MR) is 112 cm³/mol. The largest absolute Gasteiger partial charge is 0.352 e. The van der Waals surface area contributed by atoms with Crippen LogP contribution in [0.15, 0.2) is 58.1 Å². The number of para-hydroxylation sites is 1. The monoisotopic (exact) mass is 390 g/mol. The average Bonchev–Trinajstić information content (AvgIpc) is 3.01. The lowest BCUT2D eigenvalue weighted by molar-refractivity contribution is 0.0966. The summed E-state index contributed by atoms with van der Waals surface area (Å²) in [6.45, 7) is 6.17. The van der Waals surface area contributed by atoms with Gasteiger partial charge in [0.25, 0.3) is 5.56 Å². The maximum atomic E-state index is 13.1. The van der Waals surface area contributed by atoms with E-state index in [1.807, 2.05) is 32.9 Å². The molecule has 2 heterocycles. The van der Waals surface area contributed by atoms with Gasteiger partial charge in [0.2, 0.25) is 5.78 Å². The van der Waals surface area contributed by atoms with Crippen LogP contribution in [0.5, 0.6) is 0 Å². The third-order valence-electron chi connectivity index (χ3n) is 4.90. The molecule has 0 saturated carbocycles. The Morgan fingerprint density at radius 3 is 2.41 bits per heavy atom. The molecule has 7 heteroatoms. The summed E-state index contributed by atoms with van der Waals surface area (Å²) in [5.74, 6) is 0.230. The molecule has 0 atom stereocenters. The zero-order valence-corrected chi connectivity index (χ0v) is 16.6. The van der Waals surface area contributed by atoms with E-state index in [9.17, 15) is 14.4 Å². The molecule has 0 aliphatic carbocycles. The van der Waals surface area contributed by atoms with Gasteiger partial charge in [-0.1, -0.05) is 55.8 Å². The van der Waals surface area contributed by atoms with Crippen LogP contribution in [-0.2, 0) is 13.1 Å². The van der Waals surface area contributed by atoms with Crippen molar-refractivity contribution in [1.82, 2.24) is 18.7 Å². The molecule has 4 aromatic rings. The van der Waals surface area contributed by atoms with E-state index in [4.69, 9.17) is 0 Å². The standard InChI is InChI=1S/C22H22N4O3/c1-14(2)12-24-20(28)17-6-4-5-7-18(17)26-21(24)23-25(22(26)29)13-19(27)16-10-8-15(3)9-11-16/h4-11,14H,12-13H2,1-3H3. The van der Waals surface area contributed by atoms with E-state index in [1.165, 1.54) is 8.97 Å². The molecule has 0 aliphatic rings. The summed E-state index contributed by atoms with van der Waals surface area (Å²) < 4.78 is 4.07. The number of aryl methyl sites for hydroxylation is 1. The van der Waals surface area contributed by atoms with E-state index < -0.39 is 5.69 Å². The summed E-state index contributed by atoms with van der Waals surface area (Å²) in [4.78, 5) is 38.8. The van der Waals surface area contributed by atoms with Gasteiger partial charge in [-0.05, 0) is 25.0 Å². The van der Waals surface area contributed by atoms with Crippen molar-refractivity contribution in [2.45, 2.75) is 33.9 Å². The van der Waals surface area contributed by atoms with Crippen molar-refractivity contribution in [3.05, 3.63) is 80.5 Å². The van der Waals surface area contributed by atoms with Crippen molar-refractivity contribution in [2.75, 3.05) is 0 Å². The molecule has 0 fully saturated rings. The second-order valence-corrected chi connectivity index (χ2v) is 7.69. The number of rotatable bonds is 5. The Bertz CT molecular complexity index is 1340. The van der Waals surface area contributed by atoms with Crippen molar-refractivity contribution in [2.24, 2.45) is 5.92 Å². The fourth-order valence-electron chi connectivity index (χ4n) is 3.47. The van der Waals surface area contributed by atoms with Crippen molar-refractivity contribution >= 4 is 22.5 Å². The fourth-order valence-corrected chi connectivity index (χ4v) is 3.47. The van der Waals surface area contributed by atoms with Gasteiger partial charge in [-0.25, -0.2) is 13.9 Å². The third-order valence-corrected chi connectivity index (χ3v) is 4.90. The van der Waals surface area contributed by atoms with Crippen LogP contribution in [-0.4, -0.2) is 24.5 Å². The Hall–Kier alpha value is -3.48. The molecule has 0 spiro atoms. The molecule has 0 N–H and O–H groups in total. The topological polar surface area (TPSA) is 78.4 Å². The number of aromatic nitrogens is 4. The van der Waals surface area contributed by atoms with E-state index in [2.05, 4.69) is 5.10 Å². The van der Waals surface area contributed by atoms with Crippen LogP contribution in [0.3, 0.4) is 0 Å². The molecular formula is C22H22N4O3. The molecular weight excluding hydrogens is 368 g/mol. The van der Waals surface area contributed by atoms with Gasteiger partial charge in [0, 0.05) is 12.1 Å². The summed E-state index contributed by atoms with van der Waals surface area (Å²) in [5.41, 5.74) is 1.43. The molecule has 2 aromatic heterocycles. The Labute approximate surface area is 166 Å². The first-order chi connectivity index (χ1) is 13.9. The van der Waals surface area contributed by atoms with Crippen molar-refractivity contribution in [1.29, 1.82) is 0 Å². The number of nitrogens with zero attached hydrogens (tertiary/aromatic N) is 4. The van der Waals surface area contributed by atoms with E-state index in [1.54, 1.807) is 36.4 Å². The SMILES string of the molecule is Cc1ccc(C(=O)Cn2nc3n(CC(C)C)c(=O)c4ccccc4n3c2=O)cc1. The summed E-state index contributed by atoms with van der Waals surface area (Å²) in [6.07, 6.45) is 0. The summed E-state index contributed by atoms with van der Waals surface area (Å²) in [5, 5.41) is 4.82. The van der Waals surface area contributed by atoms with Crippen LogP contribution < -0.4 is 11.2 Å². The highest BCUT2D eigenvalue weighted by atomic mass is 16.2. The molecule has 0 saturated heterocycles. The van der Waals surface area contributed by atoms with Crippen LogP contribution in [0.1, 0.15) is 29.8 Å². The zero-order valence-electron chi connectivity index (χ0n) is 16.6. The third kappa shape index (κ3) is 3.29. The Morgan fingerprint density at radius 2 is 1.72 bits per heavy atom. The van der Waals surface area contributed by atoms with Crippen LogP contribution in [0.4, 0.5) is 0 Å². The number of benzene rings is 2. The minimum atomic E-state index is -0.436. The van der Waals surface area contributed by atoms with Crippen molar-refractivity contribution < 1.29 is 4.79 Å². The minimum absolute atomic E-state index is 0.187. The summed E-state index contributed by atoms with van der Waals surface area (Å²) in [6, 6.07) is 14.2. The van der Waals surface area contributed by atoms with Gasteiger partial charge in [-0.3, -0.25) is 14.2 Å². The van der Waals surface area contributed by atoms with Gasteiger partial charge in [0.1, 0.15) is 6.54 Å². The number of fused-ring (bicyclic) bond motifs is 3. The number of Topliss-reactive ketones (excluding diaryl/α,β-unsaturated/α-hetero) is 1. The molecule has 29 heavy (non-hydrogen) atoms. The Kier molecular flexibility index (Phi) is 4.66. The summed E-state index contributed by atoms with van der Waals surface area (Å²) >= 11 is 0. The van der Waals surface area contributed by atoms with Gasteiger partial charge in [0.05, 0.1) is 10.9 Å². The highest BCUT2D eigenvalue weighted by molar-refractivity contribution is 5.95. The number of carbonyl (C=O) groups is 1. The molecule has 0 bridgehead atoms. The molecule has 7 nitrogen and oxygen atoms in total. The predicted octanol–water partition coefficient (Wildman–Crippen LogP) is 2.66. The quantitative estimate of drug-likeness (QED) is 0.491. The maximum absolute atomic E-state index is 13.1. The Morgan fingerprint density at radius 1 is 1.03 bits per heavy atom. The lowest BCUT2D eigenvalue weighted by atomic mass is 10.1. The van der Waals surface area contributed by atoms with Crippen molar-refractivity contribution in [3.63, 3.8) is 0 Å². The first-order valence-electron chi connectivity index (χ1n) is 9.58. The van der Waals surface area contributed by atoms with E-state index in [0.717, 1.165) is 10.2 Å². The second-order valence-electron chi connectivity index (χ2n) is 7.69. The molecule has 0 aliphatic heterocycles. The van der Waals surface area contributed by atoms with E-state index >= 15 is 0 Å². The number of ketones is 1. The highest BCUT2D eigenvalue weighted by Crippen LogP contribution is 2.12. The second kappa shape index (κ2) is 7.16. The highest BCUT2D eigenvalue weighted by Gasteiger charge is 2.19. The van der Waals surface area contributed by atoms with Gasteiger partial charge < -0.3 is 0 Å².